The number of benzene rings is 1. The number of hydrogen-bond acceptors (Lipinski definition) is 3. The van der Waals surface area contributed by atoms with Crippen molar-refractivity contribution in [3.8, 4) is 0 Å². The third-order valence-electron chi connectivity index (χ3n) is 3.02. The molecule has 0 fully saturated rings. The molecule has 4 N–H and O–H groups in total. The SMILES string of the molecule is CC(C)C[C@H](NC(=O)CCc1ccccc1N)C(=O)O. The Morgan fingerprint density at radius 1 is 1.30 bits per heavy atom. The van der Waals surface area contributed by atoms with Gasteiger partial charge in [0.1, 0.15) is 6.04 Å². The standard InChI is InChI=1S/C15H22N2O3/c1-10(2)9-13(15(19)20)17-14(18)8-7-11-5-3-4-6-12(11)16/h3-6,10,13H,7-9,16H2,1-2H3,(H,17,18)(H,19,20)/t13-/m0/s1. The van der Waals surface area contributed by atoms with Crippen LogP contribution in [0.1, 0.15) is 32.3 Å². The summed E-state index contributed by atoms with van der Waals surface area (Å²) in [7, 11) is 0. The highest BCUT2D eigenvalue weighted by Crippen LogP contribution is 2.13. The zero-order valence-corrected chi connectivity index (χ0v) is 11.9. The van der Waals surface area contributed by atoms with Gasteiger partial charge in [-0.05, 0) is 30.4 Å². The second kappa shape index (κ2) is 7.53. The van der Waals surface area contributed by atoms with Crippen LogP contribution in [0.2, 0.25) is 0 Å². The highest BCUT2D eigenvalue weighted by molar-refractivity contribution is 5.83. The average molecular weight is 278 g/mol. The zero-order valence-electron chi connectivity index (χ0n) is 11.9. The lowest BCUT2D eigenvalue weighted by atomic mass is 10.0. The molecule has 0 aliphatic rings. The molecule has 0 saturated carbocycles. The van der Waals surface area contributed by atoms with Gasteiger partial charge in [-0.1, -0.05) is 32.0 Å². The predicted octanol–water partition coefficient (Wildman–Crippen LogP) is 1.82. The molecule has 0 unspecified atom stereocenters. The van der Waals surface area contributed by atoms with E-state index in [9.17, 15) is 9.59 Å². The van der Waals surface area contributed by atoms with Gasteiger partial charge >= 0.3 is 5.97 Å². The summed E-state index contributed by atoms with van der Waals surface area (Å²) < 4.78 is 0. The molecule has 0 spiro atoms. The first-order valence-electron chi connectivity index (χ1n) is 6.75. The number of aryl methyl sites for hydroxylation is 1. The van der Waals surface area contributed by atoms with Crippen molar-refractivity contribution < 1.29 is 14.7 Å². The summed E-state index contributed by atoms with van der Waals surface area (Å²) in [5.74, 6) is -1.05. The van der Waals surface area contributed by atoms with E-state index in [0.717, 1.165) is 5.56 Å². The number of para-hydroxylation sites is 1. The van der Waals surface area contributed by atoms with E-state index in [0.29, 0.717) is 18.5 Å². The van der Waals surface area contributed by atoms with Gasteiger partial charge in [0.15, 0.2) is 0 Å². The number of hydrogen-bond donors (Lipinski definition) is 3. The van der Waals surface area contributed by atoms with Gasteiger partial charge in [0, 0.05) is 12.1 Å². The molecule has 1 rings (SSSR count). The fraction of sp³-hybridized carbons (Fsp3) is 0.467. The number of aliphatic carboxylic acids is 1. The fourth-order valence-electron chi connectivity index (χ4n) is 1.97. The van der Waals surface area contributed by atoms with Crippen LogP contribution in [-0.4, -0.2) is 23.0 Å². The van der Waals surface area contributed by atoms with Gasteiger partial charge in [0.25, 0.3) is 0 Å². The first-order valence-corrected chi connectivity index (χ1v) is 6.75. The smallest absolute Gasteiger partial charge is 0.326 e. The van der Waals surface area contributed by atoms with Crippen molar-refractivity contribution in [2.45, 2.75) is 39.2 Å². The van der Waals surface area contributed by atoms with Crippen molar-refractivity contribution in [2.24, 2.45) is 5.92 Å². The largest absolute Gasteiger partial charge is 0.480 e. The summed E-state index contributed by atoms with van der Waals surface area (Å²) in [5, 5.41) is 11.6. The monoisotopic (exact) mass is 278 g/mol. The van der Waals surface area contributed by atoms with E-state index < -0.39 is 12.0 Å². The van der Waals surface area contributed by atoms with Gasteiger partial charge in [0.05, 0.1) is 0 Å². The Labute approximate surface area is 119 Å². The van der Waals surface area contributed by atoms with E-state index in [4.69, 9.17) is 10.8 Å². The van der Waals surface area contributed by atoms with Crippen molar-refractivity contribution in [3.63, 3.8) is 0 Å². The van der Waals surface area contributed by atoms with E-state index in [1.165, 1.54) is 0 Å². The third-order valence-corrected chi connectivity index (χ3v) is 3.02. The lowest BCUT2D eigenvalue weighted by Crippen LogP contribution is -2.41. The number of carbonyl (C=O) groups is 2. The van der Waals surface area contributed by atoms with Crippen LogP contribution in [0.3, 0.4) is 0 Å². The quantitative estimate of drug-likeness (QED) is 0.663. The molecule has 1 amide bonds. The minimum Gasteiger partial charge on any atom is -0.480 e. The number of carboxylic acid groups (broad SMARTS) is 1. The molecule has 1 atom stereocenters. The molecule has 1 aromatic carbocycles. The van der Waals surface area contributed by atoms with E-state index in [1.807, 2.05) is 32.0 Å². The van der Waals surface area contributed by atoms with E-state index in [1.54, 1.807) is 6.07 Å². The summed E-state index contributed by atoms with van der Waals surface area (Å²) >= 11 is 0. The molecule has 5 nitrogen and oxygen atoms in total. The molecule has 110 valence electrons. The van der Waals surface area contributed by atoms with Gasteiger partial charge in [-0.3, -0.25) is 4.79 Å². The van der Waals surface area contributed by atoms with Gasteiger partial charge in [-0.15, -0.1) is 0 Å². The summed E-state index contributed by atoms with van der Waals surface area (Å²) in [6.07, 6.45) is 1.16. The van der Waals surface area contributed by atoms with Gasteiger partial charge in [-0.2, -0.15) is 0 Å². The molecule has 0 radical (unpaired) electrons. The van der Waals surface area contributed by atoms with E-state index in [-0.39, 0.29) is 18.2 Å². The van der Waals surface area contributed by atoms with Crippen LogP contribution in [0, 0.1) is 5.92 Å². The number of anilines is 1. The van der Waals surface area contributed by atoms with Crippen LogP contribution >= 0.6 is 0 Å². The maximum atomic E-state index is 11.8. The maximum Gasteiger partial charge on any atom is 0.326 e. The van der Waals surface area contributed by atoms with Gasteiger partial charge in [-0.25, -0.2) is 4.79 Å². The topological polar surface area (TPSA) is 92.4 Å². The highest BCUT2D eigenvalue weighted by Gasteiger charge is 2.20. The van der Waals surface area contributed by atoms with Crippen LogP contribution in [0.25, 0.3) is 0 Å². The molecule has 0 bridgehead atoms. The molecular formula is C15H22N2O3. The molecule has 20 heavy (non-hydrogen) atoms. The fourth-order valence-corrected chi connectivity index (χ4v) is 1.97. The van der Waals surface area contributed by atoms with Crippen molar-refractivity contribution in [1.82, 2.24) is 5.32 Å². The normalized spacial score (nSPS) is 12.2. The number of nitrogens with one attached hydrogen (secondary N) is 1. The first kappa shape index (κ1) is 16.0. The van der Waals surface area contributed by atoms with Gasteiger partial charge in [0.2, 0.25) is 5.91 Å². The molecular weight excluding hydrogens is 256 g/mol. The van der Waals surface area contributed by atoms with Gasteiger partial charge < -0.3 is 16.2 Å². The van der Waals surface area contributed by atoms with Crippen LogP contribution in [0.5, 0.6) is 0 Å². The van der Waals surface area contributed by atoms with Crippen molar-refractivity contribution >= 4 is 17.6 Å². The molecule has 5 heteroatoms. The first-order chi connectivity index (χ1) is 9.40. The Morgan fingerprint density at radius 2 is 1.95 bits per heavy atom. The van der Waals surface area contributed by atoms with Crippen LogP contribution in [0.15, 0.2) is 24.3 Å². The number of amides is 1. The number of rotatable bonds is 7. The average Bonchev–Trinajstić information content (AvgIpc) is 2.36. The second-order valence-electron chi connectivity index (χ2n) is 5.29. The van der Waals surface area contributed by atoms with Crippen LogP contribution < -0.4 is 11.1 Å². The van der Waals surface area contributed by atoms with E-state index in [2.05, 4.69) is 5.32 Å². The Balaban J connectivity index is 2.50. The Hall–Kier alpha value is -2.04. The molecule has 0 aliphatic heterocycles. The molecule has 1 aromatic rings. The minimum atomic E-state index is -0.994. The summed E-state index contributed by atoms with van der Waals surface area (Å²) in [4.78, 5) is 22.9. The van der Waals surface area contributed by atoms with Crippen LogP contribution in [-0.2, 0) is 16.0 Å². The molecule has 0 heterocycles. The predicted molar refractivity (Wildman–Crippen MR) is 78.2 cm³/mol. The minimum absolute atomic E-state index is 0.209. The Morgan fingerprint density at radius 3 is 2.50 bits per heavy atom. The third kappa shape index (κ3) is 5.30. The van der Waals surface area contributed by atoms with Crippen molar-refractivity contribution in [1.29, 1.82) is 0 Å². The number of nitrogen functional groups attached to an aromatic ring is 1. The highest BCUT2D eigenvalue weighted by atomic mass is 16.4. The lowest BCUT2D eigenvalue weighted by Gasteiger charge is -2.16. The number of carboxylic acids is 1. The number of nitrogens with two attached hydrogens (primary N) is 1. The van der Waals surface area contributed by atoms with E-state index >= 15 is 0 Å². The summed E-state index contributed by atoms with van der Waals surface area (Å²) in [5.41, 5.74) is 7.35. The zero-order chi connectivity index (χ0) is 15.1. The number of carbonyl (C=O) groups excluding carboxylic acids is 1. The Kier molecular flexibility index (Phi) is 6.03. The second-order valence-corrected chi connectivity index (χ2v) is 5.29. The van der Waals surface area contributed by atoms with Crippen molar-refractivity contribution in [2.75, 3.05) is 5.73 Å². The Bertz CT molecular complexity index is 472. The molecule has 0 saturated heterocycles. The summed E-state index contributed by atoms with van der Waals surface area (Å²) in [6.45, 7) is 3.85. The molecule has 0 aromatic heterocycles. The van der Waals surface area contributed by atoms with Crippen molar-refractivity contribution in [3.05, 3.63) is 29.8 Å². The maximum absolute atomic E-state index is 11.8. The van der Waals surface area contributed by atoms with Crippen LogP contribution in [0.4, 0.5) is 5.69 Å². The molecule has 0 aliphatic carbocycles. The lowest BCUT2D eigenvalue weighted by molar-refractivity contribution is -0.142. The summed E-state index contributed by atoms with van der Waals surface area (Å²) in [6, 6.07) is 6.53.